The second kappa shape index (κ2) is 4.60. The molecule has 0 spiro atoms. The molecular formula is C11H24N2O. The molecule has 0 amide bonds. The molecule has 0 radical (unpaired) electrons. The molecule has 1 aliphatic heterocycles. The van der Waals surface area contributed by atoms with E-state index in [-0.39, 0.29) is 0 Å². The van der Waals surface area contributed by atoms with Gasteiger partial charge in [0.25, 0.3) is 0 Å². The minimum absolute atomic E-state index is 0.352. The van der Waals surface area contributed by atoms with Gasteiger partial charge in [0.05, 0.1) is 5.60 Å². The molecule has 3 N–H and O–H groups in total. The van der Waals surface area contributed by atoms with Crippen molar-refractivity contribution in [2.45, 2.75) is 45.3 Å². The minimum Gasteiger partial charge on any atom is -0.389 e. The van der Waals surface area contributed by atoms with Crippen LogP contribution in [0.2, 0.25) is 0 Å². The Hall–Kier alpha value is -0.120. The number of aliphatic hydroxyl groups is 1. The molecule has 1 aliphatic rings. The molecule has 1 heterocycles. The van der Waals surface area contributed by atoms with Crippen molar-refractivity contribution in [1.82, 2.24) is 4.90 Å². The molecule has 84 valence electrons. The van der Waals surface area contributed by atoms with Gasteiger partial charge in [-0.3, -0.25) is 0 Å². The summed E-state index contributed by atoms with van der Waals surface area (Å²) in [5.74, 6) is 0.799. The van der Waals surface area contributed by atoms with Crippen molar-refractivity contribution in [2.75, 3.05) is 19.6 Å². The number of likely N-dealkylation sites (tertiary alicyclic amines) is 1. The van der Waals surface area contributed by atoms with Crippen LogP contribution in [0.15, 0.2) is 0 Å². The average molecular weight is 200 g/mol. The zero-order chi connectivity index (χ0) is 10.8. The van der Waals surface area contributed by atoms with Crippen LogP contribution in [0, 0.1) is 5.92 Å². The summed E-state index contributed by atoms with van der Waals surface area (Å²) in [4.78, 5) is 2.45. The third-order valence-electron chi connectivity index (χ3n) is 3.29. The number of hydrogen-bond acceptors (Lipinski definition) is 3. The highest BCUT2D eigenvalue weighted by Crippen LogP contribution is 2.23. The third-order valence-corrected chi connectivity index (χ3v) is 3.29. The summed E-state index contributed by atoms with van der Waals surface area (Å²) < 4.78 is 0. The largest absolute Gasteiger partial charge is 0.389 e. The monoisotopic (exact) mass is 200 g/mol. The lowest BCUT2D eigenvalue weighted by Gasteiger charge is -2.27. The van der Waals surface area contributed by atoms with Crippen LogP contribution in [0.4, 0.5) is 0 Å². The summed E-state index contributed by atoms with van der Waals surface area (Å²) in [5.41, 5.74) is 4.80. The quantitative estimate of drug-likeness (QED) is 0.706. The van der Waals surface area contributed by atoms with Gasteiger partial charge < -0.3 is 15.7 Å². The third kappa shape index (κ3) is 3.23. The second-order valence-electron chi connectivity index (χ2n) is 5.14. The fourth-order valence-corrected chi connectivity index (χ4v) is 2.18. The van der Waals surface area contributed by atoms with Gasteiger partial charge in [0.1, 0.15) is 0 Å². The van der Waals surface area contributed by atoms with Gasteiger partial charge in [-0.25, -0.2) is 0 Å². The van der Waals surface area contributed by atoms with Crippen molar-refractivity contribution in [3.63, 3.8) is 0 Å². The Kier molecular flexibility index (Phi) is 3.93. The fourth-order valence-electron chi connectivity index (χ4n) is 2.18. The Balaban J connectivity index is 2.31. The van der Waals surface area contributed by atoms with Gasteiger partial charge in [0.2, 0.25) is 0 Å². The molecule has 14 heavy (non-hydrogen) atoms. The van der Waals surface area contributed by atoms with E-state index in [1.54, 1.807) is 0 Å². The van der Waals surface area contributed by atoms with E-state index in [4.69, 9.17) is 5.73 Å². The van der Waals surface area contributed by atoms with Crippen LogP contribution in [0.25, 0.3) is 0 Å². The maximum Gasteiger partial charge on any atom is 0.0753 e. The summed E-state index contributed by atoms with van der Waals surface area (Å²) in [7, 11) is 0. The standard InChI is InChI=1S/C11H24N2O/c1-9-6-10(2)13(7-9)5-4-11(3,14)8-12/h9-10,14H,4-8,12H2,1-3H3. The second-order valence-corrected chi connectivity index (χ2v) is 5.14. The molecule has 3 nitrogen and oxygen atoms in total. The van der Waals surface area contributed by atoms with Gasteiger partial charge in [-0.2, -0.15) is 0 Å². The fraction of sp³-hybridized carbons (Fsp3) is 1.00. The van der Waals surface area contributed by atoms with Crippen molar-refractivity contribution in [3.05, 3.63) is 0 Å². The van der Waals surface area contributed by atoms with E-state index in [0.717, 1.165) is 18.9 Å². The summed E-state index contributed by atoms with van der Waals surface area (Å²) in [6, 6.07) is 0.665. The van der Waals surface area contributed by atoms with E-state index in [1.807, 2.05) is 6.92 Å². The zero-order valence-electron chi connectivity index (χ0n) is 9.66. The minimum atomic E-state index is -0.689. The highest BCUT2D eigenvalue weighted by Gasteiger charge is 2.27. The smallest absolute Gasteiger partial charge is 0.0753 e. The van der Waals surface area contributed by atoms with Crippen LogP contribution < -0.4 is 5.73 Å². The molecule has 1 fully saturated rings. The maximum atomic E-state index is 9.78. The van der Waals surface area contributed by atoms with Crippen molar-refractivity contribution in [3.8, 4) is 0 Å². The molecule has 1 saturated heterocycles. The molecule has 3 heteroatoms. The molecule has 0 aromatic heterocycles. The predicted molar refractivity (Wildman–Crippen MR) is 59.1 cm³/mol. The Morgan fingerprint density at radius 1 is 1.50 bits per heavy atom. The number of rotatable bonds is 4. The first-order valence-corrected chi connectivity index (χ1v) is 5.61. The molecule has 1 rings (SSSR count). The molecule has 0 aromatic rings. The Labute approximate surface area is 87.3 Å². The lowest BCUT2D eigenvalue weighted by atomic mass is 10.0. The average Bonchev–Trinajstić information content (AvgIpc) is 2.42. The molecule has 3 atom stereocenters. The zero-order valence-corrected chi connectivity index (χ0v) is 9.66. The van der Waals surface area contributed by atoms with Crippen LogP contribution in [-0.4, -0.2) is 41.3 Å². The molecule has 0 aromatic carbocycles. The van der Waals surface area contributed by atoms with E-state index in [0.29, 0.717) is 12.6 Å². The van der Waals surface area contributed by atoms with Gasteiger partial charge in [-0.15, -0.1) is 0 Å². The van der Waals surface area contributed by atoms with Crippen LogP contribution in [0.1, 0.15) is 33.6 Å². The topological polar surface area (TPSA) is 49.5 Å². The van der Waals surface area contributed by atoms with Gasteiger partial charge >= 0.3 is 0 Å². The lowest BCUT2D eigenvalue weighted by molar-refractivity contribution is 0.0467. The Bertz CT molecular complexity index is 182. The summed E-state index contributed by atoms with van der Waals surface area (Å²) in [5, 5.41) is 9.78. The molecule has 0 bridgehead atoms. The van der Waals surface area contributed by atoms with Crippen LogP contribution >= 0.6 is 0 Å². The van der Waals surface area contributed by atoms with Gasteiger partial charge in [-0.1, -0.05) is 6.92 Å². The SMILES string of the molecule is CC1CC(C)N(CCC(C)(O)CN)C1. The van der Waals surface area contributed by atoms with Crippen molar-refractivity contribution >= 4 is 0 Å². The normalized spacial score (nSPS) is 33.2. The highest BCUT2D eigenvalue weighted by atomic mass is 16.3. The van der Waals surface area contributed by atoms with Crippen molar-refractivity contribution in [2.24, 2.45) is 11.7 Å². The van der Waals surface area contributed by atoms with Crippen molar-refractivity contribution < 1.29 is 5.11 Å². The first-order chi connectivity index (χ1) is 6.44. The Morgan fingerprint density at radius 2 is 2.14 bits per heavy atom. The summed E-state index contributed by atoms with van der Waals surface area (Å²) in [6.07, 6.45) is 2.06. The summed E-state index contributed by atoms with van der Waals surface area (Å²) in [6.45, 7) is 8.86. The van der Waals surface area contributed by atoms with Crippen LogP contribution in [0.3, 0.4) is 0 Å². The van der Waals surface area contributed by atoms with Gasteiger partial charge in [-0.05, 0) is 32.6 Å². The Morgan fingerprint density at radius 3 is 2.57 bits per heavy atom. The van der Waals surface area contributed by atoms with Gasteiger partial charge in [0.15, 0.2) is 0 Å². The molecule has 0 aliphatic carbocycles. The van der Waals surface area contributed by atoms with E-state index in [2.05, 4.69) is 18.7 Å². The van der Waals surface area contributed by atoms with Crippen LogP contribution in [-0.2, 0) is 0 Å². The van der Waals surface area contributed by atoms with Gasteiger partial charge in [0, 0.05) is 25.7 Å². The molecule has 3 unspecified atom stereocenters. The molecule has 0 saturated carbocycles. The summed E-state index contributed by atoms with van der Waals surface area (Å²) >= 11 is 0. The van der Waals surface area contributed by atoms with Crippen molar-refractivity contribution in [1.29, 1.82) is 0 Å². The highest BCUT2D eigenvalue weighted by molar-refractivity contribution is 4.83. The number of nitrogens with zero attached hydrogens (tertiary/aromatic N) is 1. The number of hydrogen-bond donors (Lipinski definition) is 2. The van der Waals surface area contributed by atoms with E-state index in [9.17, 15) is 5.11 Å². The van der Waals surface area contributed by atoms with Crippen LogP contribution in [0.5, 0.6) is 0 Å². The van der Waals surface area contributed by atoms with E-state index in [1.165, 1.54) is 13.0 Å². The molecular weight excluding hydrogens is 176 g/mol. The maximum absolute atomic E-state index is 9.78. The lowest BCUT2D eigenvalue weighted by Crippen LogP contribution is -2.39. The first kappa shape index (κ1) is 12.0. The van der Waals surface area contributed by atoms with E-state index >= 15 is 0 Å². The number of nitrogens with two attached hydrogens (primary N) is 1. The predicted octanol–water partition coefficient (Wildman–Crippen LogP) is 0.817. The van der Waals surface area contributed by atoms with E-state index < -0.39 is 5.60 Å². The first-order valence-electron chi connectivity index (χ1n) is 5.61.